The van der Waals surface area contributed by atoms with Gasteiger partial charge in [-0.2, -0.15) is 0 Å². The first-order chi connectivity index (χ1) is 15.6. The van der Waals surface area contributed by atoms with Crippen LogP contribution in [-0.2, 0) is 27.8 Å². The average molecular weight is 452 g/mol. The number of carbonyl (C=O) groups excluding carboxylic acids is 3. The number of fused-ring (bicyclic) bond motifs is 5. The lowest BCUT2D eigenvalue weighted by Gasteiger charge is -2.34. The van der Waals surface area contributed by atoms with Crippen LogP contribution in [-0.4, -0.2) is 48.6 Å². The minimum absolute atomic E-state index is 0.0494. The summed E-state index contributed by atoms with van der Waals surface area (Å²) in [6.45, 7) is 6.16. The molecule has 0 saturated heterocycles. The molecule has 33 heavy (non-hydrogen) atoms. The third-order valence-corrected chi connectivity index (χ3v) is 6.92. The first kappa shape index (κ1) is 22.8. The summed E-state index contributed by atoms with van der Waals surface area (Å²) in [6.07, 6.45) is 3.08. The maximum Gasteiger partial charge on any atom is 0.325 e. The van der Waals surface area contributed by atoms with E-state index in [4.69, 9.17) is 15.6 Å². The highest BCUT2D eigenvalue weighted by Gasteiger charge is 2.40. The maximum absolute atomic E-state index is 13.2. The molecule has 4 rings (SSSR count). The van der Waals surface area contributed by atoms with E-state index < -0.39 is 17.5 Å². The average Bonchev–Trinajstić information content (AvgIpc) is 3.10. The fraction of sp³-hybridized carbons (Fsp3) is 0.440. The number of hydrogen-bond acceptors (Lipinski definition) is 6. The van der Waals surface area contributed by atoms with Gasteiger partial charge in [-0.1, -0.05) is 26.0 Å². The summed E-state index contributed by atoms with van der Waals surface area (Å²) in [6, 6.07) is 3.96. The van der Waals surface area contributed by atoms with Crippen molar-refractivity contribution in [1.29, 1.82) is 5.41 Å². The van der Waals surface area contributed by atoms with Gasteiger partial charge >= 0.3 is 5.97 Å². The molecule has 1 aromatic heterocycles. The highest BCUT2D eigenvalue weighted by molar-refractivity contribution is 6.53. The molecule has 1 aromatic carbocycles. The number of Topliss-reactive ketones (excluding diaryl/α,β-unsaturated/α-hetero) is 2. The molecule has 3 N–H and O–H groups in total. The van der Waals surface area contributed by atoms with Gasteiger partial charge in [0.1, 0.15) is 18.1 Å². The van der Waals surface area contributed by atoms with Gasteiger partial charge in [0.25, 0.3) is 0 Å². The Morgan fingerprint density at radius 3 is 2.61 bits per heavy atom. The van der Waals surface area contributed by atoms with Crippen LogP contribution in [0, 0.1) is 12.3 Å². The molecule has 0 fully saturated rings. The zero-order chi connectivity index (χ0) is 24.1. The molecule has 0 bridgehead atoms. The summed E-state index contributed by atoms with van der Waals surface area (Å²) < 4.78 is 10.8. The number of nitrogens with one attached hydrogen (secondary N) is 1. The summed E-state index contributed by atoms with van der Waals surface area (Å²) in [5, 5.41) is 7.71. The number of nitrogens with zero attached hydrogens (tertiary/aromatic N) is 1. The van der Waals surface area contributed by atoms with Crippen molar-refractivity contribution < 1.29 is 23.5 Å². The van der Waals surface area contributed by atoms with Crippen LogP contribution in [0.2, 0.25) is 0 Å². The predicted molar refractivity (Wildman–Crippen MR) is 123 cm³/mol. The van der Waals surface area contributed by atoms with Gasteiger partial charge in [-0.05, 0) is 42.7 Å². The lowest BCUT2D eigenvalue weighted by molar-refractivity contribution is -0.141. The predicted octanol–water partition coefficient (Wildman–Crippen LogP) is 3.16. The summed E-state index contributed by atoms with van der Waals surface area (Å²) in [4.78, 5) is 39.4. The molecule has 2 aliphatic carbocycles. The van der Waals surface area contributed by atoms with Gasteiger partial charge in [0.2, 0.25) is 11.6 Å². The molecule has 1 heterocycles. The van der Waals surface area contributed by atoms with Crippen LogP contribution in [0.3, 0.4) is 0 Å². The normalized spacial score (nSPS) is 16.0. The van der Waals surface area contributed by atoms with Crippen LogP contribution in [0.25, 0.3) is 11.3 Å². The van der Waals surface area contributed by atoms with E-state index in [9.17, 15) is 14.4 Å². The Morgan fingerprint density at radius 2 is 1.94 bits per heavy atom. The first-order valence-electron chi connectivity index (χ1n) is 11.1. The van der Waals surface area contributed by atoms with Crippen LogP contribution in [0.15, 0.2) is 16.5 Å². The first-order valence-corrected chi connectivity index (χ1v) is 11.1. The second-order valence-corrected chi connectivity index (χ2v) is 9.40. The Hall–Kier alpha value is -3.42. The highest BCUT2D eigenvalue weighted by atomic mass is 16.5. The molecule has 0 unspecified atom stereocenters. The molecule has 2 aromatic rings. The topological polar surface area (TPSA) is 127 Å². The van der Waals surface area contributed by atoms with Gasteiger partial charge in [-0.3, -0.25) is 19.8 Å². The number of ketones is 2. The van der Waals surface area contributed by atoms with Crippen molar-refractivity contribution >= 4 is 23.5 Å². The van der Waals surface area contributed by atoms with E-state index >= 15 is 0 Å². The van der Waals surface area contributed by atoms with Gasteiger partial charge in [-0.25, -0.2) is 0 Å². The van der Waals surface area contributed by atoms with Crippen LogP contribution < -0.4 is 5.73 Å². The molecule has 8 heteroatoms. The van der Waals surface area contributed by atoms with Crippen molar-refractivity contribution in [2.45, 2.75) is 51.9 Å². The number of nitrogens with two attached hydrogens (primary N) is 1. The number of guanidine groups is 1. The van der Waals surface area contributed by atoms with Crippen LogP contribution in [0.1, 0.15) is 69.9 Å². The molecule has 8 nitrogen and oxygen atoms in total. The molecule has 0 amide bonds. The van der Waals surface area contributed by atoms with E-state index in [0.717, 1.165) is 30.4 Å². The van der Waals surface area contributed by atoms with Gasteiger partial charge in [0.15, 0.2) is 5.96 Å². The van der Waals surface area contributed by atoms with Crippen LogP contribution in [0.4, 0.5) is 0 Å². The standard InChI is InChI=1S/C25H29N3O5/c1-13-17(9-11-28(24(26)27)12-18(29)32-4)33-23-15-7-8-16-14(6-5-10-25(16,2)3)20(15)22(31)21(30)19(13)23/h7-8H,5-6,9-12H2,1-4H3,(H3,26,27). The number of esters is 1. The van der Waals surface area contributed by atoms with Crippen molar-refractivity contribution in [2.24, 2.45) is 5.73 Å². The van der Waals surface area contributed by atoms with Crippen LogP contribution in [0.5, 0.6) is 0 Å². The molecular formula is C25H29N3O5. The Balaban J connectivity index is 1.73. The minimum Gasteiger partial charge on any atom is -0.468 e. The highest BCUT2D eigenvalue weighted by Crippen LogP contribution is 2.45. The van der Waals surface area contributed by atoms with E-state index in [1.807, 2.05) is 6.07 Å². The minimum atomic E-state index is -0.542. The maximum atomic E-state index is 13.2. The third kappa shape index (κ3) is 3.73. The molecule has 174 valence electrons. The summed E-state index contributed by atoms with van der Waals surface area (Å²) in [7, 11) is 1.27. The number of benzene rings is 1. The number of furan rings is 1. The summed E-state index contributed by atoms with van der Waals surface area (Å²) in [5.41, 5.74) is 9.70. The van der Waals surface area contributed by atoms with E-state index in [0.29, 0.717) is 40.2 Å². The summed E-state index contributed by atoms with van der Waals surface area (Å²) >= 11 is 0. The summed E-state index contributed by atoms with van der Waals surface area (Å²) in [5.74, 6) is -0.833. The molecule has 0 atom stereocenters. The molecule has 0 radical (unpaired) electrons. The van der Waals surface area contributed by atoms with Gasteiger partial charge in [0.05, 0.1) is 12.7 Å². The number of ether oxygens (including phenoxy) is 1. The Kier molecular flexibility index (Phi) is 5.64. The fourth-order valence-corrected chi connectivity index (χ4v) is 5.06. The fourth-order valence-electron chi connectivity index (χ4n) is 5.06. The lowest BCUT2D eigenvalue weighted by atomic mass is 9.69. The third-order valence-electron chi connectivity index (χ3n) is 6.92. The molecule has 2 aliphatic rings. The van der Waals surface area contributed by atoms with E-state index in [1.165, 1.54) is 12.0 Å². The molecule has 0 spiro atoms. The second-order valence-electron chi connectivity index (χ2n) is 9.40. The van der Waals surface area contributed by atoms with Crippen molar-refractivity contribution in [1.82, 2.24) is 4.90 Å². The van der Waals surface area contributed by atoms with Gasteiger partial charge < -0.3 is 19.8 Å². The van der Waals surface area contributed by atoms with E-state index in [1.54, 1.807) is 6.92 Å². The Morgan fingerprint density at radius 1 is 1.24 bits per heavy atom. The van der Waals surface area contributed by atoms with Crippen LogP contribution >= 0.6 is 0 Å². The number of rotatable bonds is 5. The number of hydrogen-bond donors (Lipinski definition) is 2. The Labute approximate surface area is 192 Å². The van der Waals surface area contributed by atoms with E-state index in [-0.39, 0.29) is 24.5 Å². The van der Waals surface area contributed by atoms with Crippen molar-refractivity contribution in [3.63, 3.8) is 0 Å². The molecule has 0 saturated carbocycles. The van der Waals surface area contributed by atoms with E-state index in [2.05, 4.69) is 24.7 Å². The largest absolute Gasteiger partial charge is 0.468 e. The SMILES string of the molecule is COC(=O)CN(CCc1oc2c(c1C)C(=O)C(=O)c1c-2ccc2c1CCCC2(C)C)C(=N)N. The molecule has 0 aliphatic heterocycles. The zero-order valence-corrected chi connectivity index (χ0v) is 19.5. The second kappa shape index (κ2) is 8.17. The smallest absolute Gasteiger partial charge is 0.325 e. The van der Waals surface area contributed by atoms with Gasteiger partial charge in [0, 0.05) is 29.7 Å². The lowest BCUT2D eigenvalue weighted by Crippen LogP contribution is -2.41. The zero-order valence-electron chi connectivity index (χ0n) is 19.5. The van der Waals surface area contributed by atoms with Crippen molar-refractivity contribution in [3.8, 4) is 11.3 Å². The molecular weight excluding hydrogens is 422 g/mol. The van der Waals surface area contributed by atoms with Crippen molar-refractivity contribution in [2.75, 3.05) is 20.2 Å². The Bertz CT molecular complexity index is 1190. The quantitative estimate of drug-likeness (QED) is 0.309. The van der Waals surface area contributed by atoms with Gasteiger partial charge in [-0.15, -0.1) is 0 Å². The number of methoxy groups -OCH3 is 1. The number of carbonyl (C=O) groups is 3. The monoisotopic (exact) mass is 451 g/mol. The van der Waals surface area contributed by atoms with Crippen molar-refractivity contribution in [3.05, 3.63) is 45.7 Å².